The average molecular weight is 287 g/mol. The van der Waals surface area contributed by atoms with E-state index in [0.717, 1.165) is 43.7 Å². The van der Waals surface area contributed by atoms with Gasteiger partial charge in [0.05, 0.1) is 11.8 Å². The van der Waals surface area contributed by atoms with Crippen LogP contribution >= 0.6 is 0 Å². The minimum absolute atomic E-state index is 0.0267. The van der Waals surface area contributed by atoms with Crippen LogP contribution in [0, 0.1) is 5.92 Å². The molecule has 0 aromatic carbocycles. The molecule has 0 aliphatic carbocycles. The summed E-state index contributed by atoms with van der Waals surface area (Å²) in [6, 6.07) is 0. The number of hydrogen-bond donors (Lipinski definition) is 2. The molecule has 2 aromatic heterocycles. The minimum Gasteiger partial charge on any atom is -0.352 e. The predicted molar refractivity (Wildman–Crippen MR) is 79.0 cm³/mol. The summed E-state index contributed by atoms with van der Waals surface area (Å²) in [5.74, 6) is 1.56. The second-order valence-electron chi connectivity index (χ2n) is 5.62. The molecule has 0 saturated carbocycles. The number of aromatic nitrogens is 4. The summed E-state index contributed by atoms with van der Waals surface area (Å²) in [5, 5.41) is 9.93. The summed E-state index contributed by atoms with van der Waals surface area (Å²) >= 11 is 0. The molecule has 1 aliphatic rings. The second kappa shape index (κ2) is 6.11. The smallest absolute Gasteiger partial charge is 0.254 e. The van der Waals surface area contributed by atoms with Crippen LogP contribution in [0.15, 0.2) is 18.6 Å². The summed E-state index contributed by atoms with van der Waals surface area (Å²) in [7, 11) is 0. The van der Waals surface area contributed by atoms with Gasteiger partial charge in [-0.3, -0.25) is 9.89 Å². The van der Waals surface area contributed by atoms with Crippen molar-refractivity contribution in [1.29, 1.82) is 0 Å². The molecule has 6 nitrogen and oxygen atoms in total. The molecule has 1 aliphatic heterocycles. The van der Waals surface area contributed by atoms with Crippen molar-refractivity contribution in [2.24, 2.45) is 5.92 Å². The number of aromatic amines is 1. The van der Waals surface area contributed by atoms with Crippen molar-refractivity contribution in [2.45, 2.75) is 39.2 Å². The van der Waals surface area contributed by atoms with Gasteiger partial charge in [-0.2, -0.15) is 5.10 Å². The Hall–Kier alpha value is -2.11. The number of fused-ring (bicyclic) bond motifs is 1. The normalized spacial score (nSPS) is 17.5. The summed E-state index contributed by atoms with van der Waals surface area (Å²) < 4.78 is 2.19. The van der Waals surface area contributed by atoms with Crippen molar-refractivity contribution < 1.29 is 4.79 Å². The quantitative estimate of drug-likeness (QED) is 0.876. The summed E-state index contributed by atoms with van der Waals surface area (Å²) in [6.07, 6.45) is 9.34. The first-order valence-corrected chi connectivity index (χ1v) is 7.58. The van der Waals surface area contributed by atoms with Crippen molar-refractivity contribution in [2.75, 3.05) is 6.54 Å². The van der Waals surface area contributed by atoms with E-state index in [2.05, 4.69) is 32.0 Å². The minimum atomic E-state index is -0.0267. The number of aryl methyl sites for hydroxylation is 2. The monoisotopic (exact) mass is 287 g/mol. The van der Waals surface area contributed by atoms with Crippen molar-refractivity contribution in [1.82, 2.24) is 25.1 Å². The van der Waals surface area contributed by atoms with Gasteiger partial charge in [-0.15, -0.1) is 0 Å². The number of amides is 1. The topological polar surface area (TPSA) is 75.6 Å². The van der Waals surface area contributed by atoms with Crippen LogP contribution < -0.4 is 5.32 Å². The van der Waals surface area contributed by atoms with E-state index in [0.29, 0.717) is 18.0 Å². The van der Waals surface area contributed by atoms with Gasteiger partial charge in [-0.05, 0) is 18.8 Å². The molecule has 3 rings (SSSR count). The third-order valence-corrected chi connectivity index (χ3v) is 4.07. The van der Waals surface area contributed by atoms with Gasteiger partial charge in [0.1, 0.15) is 5.82 Å². The number of carbonyl (C=O) groups is 1. The lowest BCUT2D eigenvalue weighted by molar-refractivity contribution is 0.0943. The Labute approximate surface area is 124 Å². The van der Waals surface area contributed by atoms with Gasteiger partial charge in [0.25, 0.3) is 5.91 Å². The molecule has 6 heteroatoms. The molecule has 0 radical (unpaired) electrons. The van der Waals surface area contributed by atoms with Crippen LogP contribution in [0.5, 0.6) is 0 Å². The molecular weight excluding hydrogens is 266 g/mol. The number of carbonyl (C=O) groups excluding carboxylic acids is 1. The molecule has 0 unspecified atom stereocenters. The van der Waals surface area contributed by atoms with E-state index in [1.807, 2.05) is 12.4 Å². The number of nitrogens with zero attached hydrogens (tertiary/aromatic N) is 3. The maximum absolute atomic E-state index is 12.2. The Kier molecular flexibility index (Phi) is 4.03. The van der Waals surface area contributed by atoms with Crippen LogP contribution in [0.3, 0.4) is 0 Å². The maximum atomic E-state index is 12.2. The molecule has 0 bridgehead atoms. The Balaban J connectivity index is 1.56. The number of H-pyrrole nitrogens is 1. The lowest BCUT2D eigenvalue weighted by Crippen LogP contribution is -2.33. The highest BCUT2D eigenvalue weighted by Gasteiger charge is 2.20. The molecule has 2 aromatic rings. The lowest BCUT2D eigenvalue weighted by Gasteiger charge is -2.23. The number of hydrogen-bond acceptors (Lipinski definition) is 3. The highest BCUT2D eigenvalue weighted by atomic mass is 16.1. The number of rotatable bonds is 5. The Morgan fingerprint density at radius 1 is 1.57 bits per heavy atom. The van der Waals surface area contributed by atoms with E-state index in [-0.39, 0.29) is 5.91 Å². The first-order chi connectivity index (χ1) is 10.3. The van der Waals surface area contributed by atoms with Gasteiger partial charge in [-0.25, -0.2) is 4.98 Å². The van der Waals surface area contributed by atoms with E-state index in [1.165, 1.54) is 0 Å². The zero-order chi connectivity index (χ0) is 14.7. The van der Waals surface area contributed by atoms with Gasteiger partial charge in [0, 0.05) is 37.6 Å². The molecule has 0 spiro atoms. The second-order valence-corrected chi connectivity index (χ2v) is 5.62. The molecule has 21 heavy (non-hydrogen) atoms. The van der Waals surface area contributed by atoms with E-state index in [4.69, 9.17) is 0 Å². The molecular formula is C15H21N5O. The zero-order valence-electron chi connectivity index (χ0n) is 12.3. The van der Waals surface area contributed by atoms with Crippen LogP contribution in [0.1, 0.15) is 41.6 Å². The Bertz CT molecular complexity index is 615. The van der Waals surface area contributed by atoms with E-state index < -0.39 is 0 Å². The molecule has 3 heterocycles. The fourth-order valence-electron chi connectivity index (χ4n) is 2.87. The lowest BCUT2D eigenvalue weighted by atomic mass is 9.97. The van der Waals surface area contributed by atoms with Crippen molar-refractivity contribution in [3.05, 3.63) is 35.7 Å². The highest BCUT2D eigenvalue weighted by molar-refractivity contribution is 5.95. The SMILES string of the molecule is CCCc1[nH]ncc1C(=O)NC[C@H]1CCn2ccnc2C1. The molecule has 2 N–H and O–H groups in total. The molecule has 0 saturated heterocycles. The maximum Gasteiger partial charge on any atom is 0.254 e. The Morgan fingerprint density at radius 3 is 3.33 bits per heavy atom. The van der Waals surface area contributed by atoms with Crippen molar-refractivity contribution >= 4 is 5.91 Å². The summed E-state index contributed by atoms with van der Waals surface area (Å²) in [5.41, 5.74) is 1.60. The fraction of sp³-hybridized carbons (Fsp3) is 0.533. The molecule has 0 fully saturated rings. The fourth-order valence-corrected chi connectivity index (χ4v) is 2.87. The van der Waals surface area contributed by atoms with Gasteiger partial charge in [0.15, 0.2) is 0 Å². The van der Waals surface area contributed by atoms with Crippen LogP contribution in [-0.2, 0) is 19.4 Å². The molecule has 1 atom stereocenters. The van der Waals surface area contributed by atoms with Gasteiger partial charge in [-0.1, -0.05) is 13.3 Å². The van der Waals surface area contributed by atoms with Gasteiger partial charge < -0.3 is 9.88 Å². The predicted octanol–water partition coefficient (Wildman–Crippen LogP) is 1.55. The highest BCUT2D eigenvalue weighted by Crippen LogP contribution is 2.18. The third kappa shape index (κ3) is 2.99. The molecule has 1 amide bonds. The van der Waals surface area contributed by atoms with Crippen LogP contribution in [0.2, 0.25) is 0 Å². The summed E-state index contributed by atoms with van der Waals surface area (Å²) in [4.78, 5) is 16.6. The van der Waals surface area contributed by atoms with Crippen molar-refractivity contribution in [3.63, 3.8) is 0 Å². The van der Waals surface area contributed by atoms with Crippen LogP contribution in [0.25, 0.3) is 0 Å². The van der Waals surface area contributed by atoms with Gasteiger partial charge >= 0.3 is 0 Å². The van der Waals surface area contributed by atoms with E-state index >= 15 is 0 Å². The standard InChI is InChI=1S/C15H21N5O/c1-2-3-13-12(10-18-19-13)15(21)17-9-11-4-6-20-7-5-16-14(20)8-11/h5,7,10-11H,2-4,6,8-9H2,1H3,(H,17,21)(H,18,19)/t11-/m0/s1. The van der Waals surface area contributed by atoms with Crippen molar-refractivity contribution in [3.8, 4) is 0 Å². The summed E-state index contributed by atoms with van der Waals surface area (Å²) in [6.45, 7) is 3.78. The first-order valence-electron chi connectivity index (χ1n) is 7.58. The number of imidazole rings is 1. The largest absolute Gasteiger partial charge is 0.352 e. The van der Waals surface area contributed by atoms with E-state index in [9.17, 15) is 4.79 Å². The Morgan fingerprint density at radius 2 is 2.48 bits per heavy atom. The van der Waals surface area contributed by atoms with Crippen LogP contribution in [-0.4, -0.2) is 32.2 Å². The molecule has 112 valence electrons. The van der Waals surface area contributed by atoms with Crippen LogP contribution in [0.4, 0.5) is 0 Å². The third-order valence-electron chi connectivity index (χ3n) is 4.07. The average Bonchev–Trinajstić information content (AvgIpc) is 3.13. The zero-order valence-corrected chi connectivity index (χ0v) is 12.3. The first kappa shape index (κ1) is 13.9. The van der Waals surface area contributed by atoms with E-state index in [1.54, 1.807) is 6.20 Å². The van der Waals surface area contributed by atoms with Gasteiger partial charge in [0.2, 0.25) is 0 Å². The number of nitrogens with one attached hydrogen (secondary N) is 2.